The summed E-state index contributed by atoms with van der Waals surface area (Å²) in [7, 11) is 0. The smallest absolute Gasteiger partial charge is 0.343 e. The number of hydrogen-bond donors (Lipinski definition) is 0. The summed E-state index contributed by atoms with van der Waals surface area (Å²) in [5.41, 5.74) is 0.821. The Balaban J connectivity index is 1.42. The van der Waals surface area contributed by atoms with Gasteiger partial charge < -0.3 is 4.74 Å². The van der Waals surface area contributed by atoms with Crippen LogP contribution in [0.4, 0.5) is 0 Å². The van der Waals surface area contributed by atoms with Gasteiger partial charge in [0.1, 0.15) is 0 Å². The number of benzene rings is 2. The number of allylic oxidation sites excluding steroid dienone is 2. The highest BCUT2D eigenvalue weighted by molar-refractivity contribution is 9.11. The molecule has 9 heteroatoms. The maximum Gasteiger partial charge on any atom is 0.343 e. The molecular formula is C23H15Br3N2O4. The summed E-state index contributed by atoms with van der Waals surface area (Å²) >= 11 is 10.2. The van der Waals surface area contributed by atoms with Crippen LogP contribution < -0.4 is 4.74 Å². The molecule has 6 nitrogen and oxygen atoms in total. The molecule has 2 aromatic carbocycles. The number of hydrazone groups is 1. The third-order valence-corrected chi connectivity index (χ3v) is 7.65. The lowest BCUT2D eigenvalue weighted by atomic mass is 9.85. The second-order valence-electron chi connectivity index (χ2n) is 7.94. The number of rotatable bonds is 4. The zero-order valence-corrected chi connectivity index (χ0v) is 21.1. The first-order chi connectivity index (χ1) is 15.3. The number of carbonyl (C=O) groups is 3. The van der Waals surface area contributed by atoms with Crippen LogP contribution in [0.15, 0.2) is 67.1 Å². The van der Waals surface area contributed by atoms with Crippen molar-refractivity contribution >= 4 is 71.8 Å². The lowest BCUT2D eigenvalue weighted by Crippen LogP contribution is -2.28. The summed E-state index contributed by atoms with van der Waals surface area (Å²) in [4.78, 5) is 38.4. The standard InChI is InChI=1S/C23H15Br3N2O4/c24-15-5-3-11(4-6-15)23(31)32-20-14(8-16(25)9-17(20)26)10-27-28-21(29)18-12-1-2-13(7-12)19(18)22(28)30/h1-6,8-10,12-13,18-19H,7H2/t12-,13-,18-,19+/m0/s1. The lowest BCUT2D eigenvalue weighted by Gasteiger charge is -2.13. The van der Waals surface area contributed by atoms with Gasteiger partial charge in [0.25, 0.3) is 11.8 Å². The van der Waals surface area contributed by atoms with Crippen molar-refractivity contribution in [3.05, 3.63) is 73.1 Å². The average molecular weight is 623 g/mol. The molecule has 0 N–H and O–H groups in total. The van der Waals surface area contributed by atoms with Crippen LogP contribution in [0.3, 0.4) is 0 Å². The predicted octanol–water partition coefficient (Wildman–Crippen LogP) is 5.33. The van der Waals surface area contributed by atoms with E-state index in [0.717, 1.165) is 15.9 Å². The second kappa shape index (κ2) is 8.35. The minimum absolute atomic E-state index is 0.115. The normalized spacial score (nSPS) is 25.8. The molecule has 2 aromatic rings. The Morgan fingerprint density at radius 3 is 2.22 bits per heavy atom. The Hall–Kier alpha value is -2.10. The average Bonchev–Trinajstić information content (AvgIpc) is 3.43. The Bertz CT molecular complexity index is 1180. The van der Waals surface area contributed by atoms with Crippen LogP contribution in [0.2, 0.25) is 0 Å². The van der Waals surface area contributed by atoms with Gasteiger partial charge in [0.15, 0.2) is 5.75 Å². The first-order valence-corrected chi connectivity index (χ1v) is 12.3. The molecule has 1 saturated heterocycles. The maximum atomic E-state index is 12.9. The van der Waals surface area contributed by atoms with Crippen molar-refractivity contribution in [1.29, 1.82) is 0 Å². The number of fused-ring (bicyclic) bond motifs is 5. The van der Waals surface area contributed by atoms with Crippen molar-refractivity contribution in [2.75, 3.05) is 0 Å². The Kier molecular flexibility index (Phi) is 5.67. The number of esters is 1. The molecule has 0 spiro atoms. The second-order valence-corrected chi connectivity index (χ2v) is 10.6. The number of carbonyl (C=O) groups excluding carboxylic acids is 3. The number of hydrogen-bond acceptors (Lipinski definition) is 5. The van der Waals surface area contributed by atoms with Gasteiger partial charge in [-0.3, -0.25) is 9.59 Å². The molecule has 5 rings (SSSR count). The van der Waals surface area contributed by atoms with Gasteiger partial charge in [-0.25, -0.2) is 4.79 Å². The van der Waals surface area contributed by atoms with E-state index in [9.17, 15) is 14.4 Å². The van der Waals surface area contributed by atoms with Gasteiger partial charge in [-0.1, -0.05) is 44.0 Å². The fourth-order valence-corrected chi connectivity index (χ4v) is 6.25. The first-order valence-electron chi connectivity index (χ1n) is 9.90. The van der Waals surface area contributed by atoms with Crippen molar-refractivity contribution in [1.82, 2.24) is 5.01 Å². The van der Waals surface area contributed by atoms with Crippen LogP contribution in [0.5, 0.6) is 5.75 Å². The molecule has 0 aromatic heterocycles. The van der Waals surface area contributed by atoms with E-state index in [1.807, 2.05) is 12.2 Å². The third-order valence-electron chi connectivity index (χ3n) is 6.07. The van der Waals surface area contributed by atoms with Gasteiger partial charge in [0, 0.05) is 14.5 Å². The maximum absolute atomic E-state index is 12.9. The molecule has 2 bridgehead atoms. The van der Waals surface area contributed by atoms with E-state index in [1.165, 1.54) is 6.21 Å². The van der Waals surface area contributed by atoms with Crippen LogP contribution in [-0.2, 0) is 9.59 Å². The number of amides is 2. The van der Waals surface area contributed by atoms with Crippen molar-refractivity contribution in [3.63, 3.8) is 0 Å². The van der Waals surface area contributed by atoms with Crippen molar-refractivity contribution in [2.24, 2.45) is 28.8 Å². The lowest BCUT2D eigenvalue weighted by molar-refractivity contribution is -0.140. The molecule has 4 atom stereocenters. The molecular weight excluding hydrogens is 608 g/mol. The Morgan fingerprint density at radius 1 is 0.969 bits per heavy atom. The highest BCUT2D eigenvalue weighted by Crippen LogP contribution is 2.52. The van der Waals surface area contributed by atoms with E-state index in [2.05, 4.69) is 52.9 Å². The number of imide groups is 1. The molecule has 1 heterocycles. The minimum atomic E-state index is -0.541. The molecule has 0 unspecified atom stereocenters. The van der Waals surface area contributed by atoms with Crippen LogP contribution in [0.1, 0.15) is 22.3 Å². The van der Waals surface area contributed by atoms with Crippen LogP contribution in [0, 0.1) is 23.7 Å². The zero-order chi connectivity index (χ0) is 22.6. The molecule has 0 radical (unpaired) electrons. The minimum Gasteiger partial charge on any atom is -0.421 e. The van der Waals surface area contributed by atoms with E-state index in [-0.39, 0.29) is 41.2 Å². The van der Waals surface area contributed by atoms with Crippen molar-refractivity contribution in [3.8, 4) is 5.75 Å². The number of nitrogens with zero attached hydrogens (tertiary/aromatic N) is 2. The summed E-state index contributed by atoms with van der Waals surface area (Å²) in [5.74, 6) is -1.25. The molecule has 2 amide bonds. The largest absolute Gasteiger partial charge is 0.421 e. The SMILES string of the molecule is O=C(Oc1c(Br)cc(Br)cc1C=NN1C(=O)[C@@H]2[C@H](C1=O)[C@H]1C=C[C@H]2C1)c1ccc(Br)cc1. The van der Waals surface area contributed by atoms with Crippen molar-refractivity contribution < 1.29 is 19.1 Å². The monoisotopic (exact) mass is 620 g/mol. The molecule has 1 saturated carbocycles. The van der Waals surface area contributed by atoms with Crippen molar-refractivity contribution in [2.45, 2.75) is 6.42 Å². The highest BCUT2D eigenvalue weighted by atomic mass is 79.9. The van der Waals surface area contributed by atoms with Gasteiger partial charge in [-0.2, -0.15) is 10.1 Å². The molecule has 2 aliphatic carbocycles. The van der Waals surface area contributed by atoms with E-state index in [1.54, 1.807) is 36.4 Å². The molecule has 32 heavy (non-hydrogen) atoms. The number of ether oxygens (including phenoxy) is 1. The summed E-state index contributed by atoms with van der Waals surface area (Å²) < 4.78 is 7.72. The van der Waals surface area contributed by atoms with E-state index >= 15 is 0 Å². The Labute approximate surface area is 209 Å². The molecule has 3 aliphatic rings. The summed E-state index contributed by atoms with van der Waals surface area (Å²) in [6, 6.07) is 10.2. The van der Waals surface area contributed by atoms with Crippen LogP contribution in [-0.4, -0.2) is 29.0 Å². The zero-order valence-electron chi connectivity index (χ0n) is 16.4. The predicted molar refractivity (Wildman–Crippen MR) is 128 cm³/mol. The van der Waals surface area contributed by atoms with Gasteiger partial charge in [-0.15, -0.1) is 0 Å². The van der Waals surface area contributed by atoms with Crippen LogP contribution in [0.25, 0.3) is 0 Å². The van der Waals surface area contributed by atoms with Crippen LogP contribution >= 0.6 is 47.8 Å². The Morgan fingerprint density at radius 2 is 1.59 bits per heavy atom. The summed E-state index contributed by atoms with van der Waals surface area (Å²) in [6.45, 7) is 0. The first kappa shape index (κ1) is 21.7. The van der Waals surface area contributed by atoms with Gasteiger partial charge >= 0.3 is 5.97 Å². The quantitative estimate of drug-likeness (QED) is 0.152. The van der Waals surface area contributed by atoms with E-state index in [4.69, 9.17) is 4.74 Å². The highest BCUT2D eigenvalue weighted by Gasteiger charge is 2.59. The molecule has 162 valence electrons. The van der Waals surface area contributed by atoms with Gasteiger partial charge in [0.2, 0.25) is 0 Å². The van der Waals surface area contributed by atoms with Gasteiger partial charge in [-0.05, 0) is 70.6 Å². The summed E-state index contributed by atoms with van der Waals surface area (Å²) in [5, 5.41) is 5.18. The van der Waals surface area contributed by atoms with E-state index < -0.39 is 5.97 Å². The molecule has 1 aliphatic heterocycles. The topological polar surface area (TPSA) is 76.0 Å². The van der Waals surface area contributed by atoms with E-state index in [0.29, 0.717) is 20.1 Å². The van der Waals surface area contributed by atoms with Gasteiger partial charge in [0.05, 0.1) is 28.1 Å². The fourth-order valence-electron chi connectivity index (χ4n) is 4.64. The third kappa shape index (κ3) is 3.70. The summed E-state index contributed by atoms with van der Waals surface area (Å²) in [6.07, 6.45) is 6.32. The fraction of sp³-hybridized carbons (Fsp3) is 0.217. The molecule has 2 fully saturated rings. The number of halogens is 3.